The van der Waals surface area contributed by atoms with Crippen LogP contribution in [0, 0.1) is 0 Å². The number of ketones is 1. The Kier molecular flexibility index (Phi) is 4.58. The number of hydrogen-bond acceptors (Lipinski definition) is 2. The van der Waals surface area contributed by atoms with E-state index in [0.717, 1.165) is 16.7 Å². The van der Waals surface area contributed by atoms with E-state index < -0.39 is 0 Å². The zero-order valence-electron chi connectivity index (χ0n) is 11.1. The van der Waals surface area contributed by atoms with Crippen molar-refractivity contribution >= 4 is 29.2 Å². The van der Waals surface area contributed by atoms with Gasteiger partial charge in [0.15, 0.2) is 5.78 Å². The van der Waals surface area contributed by atoms with Gasteiger partial charge in [0.25, 0.3) is 0 Å². The van der Waals surface area contributed by atoms with Gasteiger partial charge in [-0.25, -0.2) is 0 Å². The molecule has 0 saturated heterocycles. The van der Waals surface area contributed by atoms with Gasteiger partial charge in [-0.1, -0.05) is 42.5 Å². The number of thioether (sulfide) groups is 1. The molecule has 19 heavy (non-hydrogen) atoms. The molecule has 0 radical (unpaired) electrons. The second-order valence-corrected chi connectivity index (χ2v) is 5.13. The third-order valence-corrected chi connectivity index (χ3v) is 3.63. The lowest BCUT2D eigenvalue weighted by atomic mass is 10.00. The van der Waals surface area contributed by atoms with Gasteiger partial charge < -0.3 is 0 Å². The maximum atomic E-state index is 11.8. The quantitative estimate of drug-likeness (QED) is 0.460. The van der Waals surface area contributed by atoms with Crippen molar-refractivity contribution in [3.63, 3.8) is 0 Å². The van der Waals surface area contributed by atoms with E-state index in [9.17, 15) is 4.79 Å². The van der Waals surface area contributed by atoms with Gasteiger partial charge >= 0.3 is 0 Å². The summed E-state index contributed by atoms with van der Waals surface area (Å²) in [5.74, 6) is 0.0840. The zero-order valence-corrected chi connectivity index (χ0v) is 11.9. The Labute approximate surface area is 118 Å². The van der Waals surface area contributed by atoms with Crippen molar-refractivity contribution in [3.05, 3.63) is 65.7 Å². The highest BCUT2D eigenvalue weighted by molar-refractivity contribution is 7.98. The van der Waals surface area contributed by atoms with Crippen LogP contribution in [0.25, 0.3) is 11.6 Å². The summed E-state index contributed by atoms with van der Waals surface area (Å²) in [6, 6.07) is 18.0. The SMILES string of the molecule is CSc1ccc(/C(=C\c2ccccc2)C(C)=O)cc1. The summed E-state index contributed by atoms with van der Waals surface area (Å²) in [4.78, 5) is 13.0. The summed E-state index contributed by atoms with van der Waals surface area (Å²) in [5.41, 5.74) is 2.76. The number of Topliss-reactive ketones (excluding diaryl/α,β-unsaturated/α-hetero) is 1. The molecule has 0 aliphatic carbocycles. The molecule has 0 heterocycles. The number of carbonyl (C=O) groups is 1. The molecule has 0 aliphatic heterocycles. The molecule has 1 nitrogen and oxygen atoms in total. The molecular formula is C17H16OS. The first-order valence-corrected chi connectivity index (χ1v) is 7.35. The minimum absolute atomic E-state index is 0.0840. The van der Waals surface area contributed by atoms with Crippen LogP contribution in [0.2, 0.25) is 0 Å². The summed E-state index contributed by atoms with van der Waals surface area (Å²) in [5, 5.41) is 0. The Morgan fingerprint density at radius 1 is 1.00 bits per heavy atom. The molecule has 2 heteroatoms. The highest BCUT2D eigenvalue weighted by Crippen LogP contribution is 2.22. The lowest BCUT2D eigenvalue weighted by Gasteiger charge is -2.05. The first kappa shape index (κ1) is 13.6. The third kappa shape index (κ3) is 3.58. The lowest BCUT2D eigenvalue weighted by molar-refractivity contribution is -0.111. The lowest BCUT2D eigenvalue weighted by Crippen LogP contribution is -1.95. The van der Waals surface area contributed by atoms with Crippen LogP contribution in [-0.4, -0.2) is 12.0 Å². The standard InChI is InChI=1S/C17H16OS/c1-13(18)17(12-14-6-4-3-5-7-14)15-8-10-16(19-2)11-9-15/h3-12H,1-2H3/b17-12-. The van der Waals surface area contributed by atoms with Gasteiger partial charge in [0.2, 0.25) is 0 Å². The van der Waals surface area contributed by atoms with Crippen LogP contribution in [0.4, 0.5) is 0 Å². The molecule has 0 unspecified atom stereocenters. The van der Waals surface area contributed by atoms with E-state index in [4.69, 9.17) is 0 Å². The predicted octanol–water partition coefficient (Wildman–Crippen LogP) is 4.54. The van der Waals surface area contributed by atoms with Crippen LogP contribution < -0.4 is 0 Å². The second-order valence-electron chi connectivity index (χ2n) is 4.25. The second kappa shape index (κ2) is 6.39. The van der Waals surface area contributed by atoms with Crippen LogP contribution in [0.1, 0.15) is 18.1 Å². The third-order valence-electron chi connectivity index (χ3n) is 2.89. The minimum Gasteiger partial charge on any atom is -0.294 e. The number of hydrogen-bond donors (Lipinski definition) is 0. The maximum Gasteiger partial charge on any atom is 0.160 e. The molecule has 0 atom stereocenters. The fourth-order valence-corrected chi connectivity index (χ4v) is 2.28. The van der Waals surface area contributed by atoms with Gasteiger partial charge in [-0.15, -0.1) is 11.8 Å². The normalized spacial score (nSPS) is 11.4. The largest absolute Gasteiger partial charge is 0.294 e. The van der Waals surface area contributed by atoms with E-state index in [2.05, 4.69) is 0 Å². The molecular weight excluding hydrogens is 252 g/mol. The summed E-state index contributed by atoms with van der Waals surface area (Å²) in [6.07, 6.45) is 3.98. The van der Waals surface area contributed by atoms with E-state index in [-0.39, 0.29) is 5.78 Å². The van der Waals surface area contributed by atoms with Crippen LogP contribution in [0.5, 0.6) is 0 Å². The monoisotopic (exact) mass is 268 g/mol. The Bertz CT molecular complexity index is 582. The van der Waals surface area contributed by atoms with Gasteiger partial charge in [0.1, 0.15) is 0 Å². The molecule has 0 spiro atoms. The summed E-state index contributed by atoms with van der Waals surface area (Å²) < 4.78 is 0. The molecule has 0 aliphatic rings. The molecule has 0 saturated carbocycles. The van der Waals surface area contributed by atoms with Crippen molar-refractivity contribution < 1.29 is 4.79 Å². The molecule has 0 N–H and O–H groups in total. The smallest absolute Gasteiger partial charge is 0.160 e. The summed E-state index contributed by atoms with van der Waals surface area (Å²) >= 11 is 1.70. The van der Waals surface area contributed by atoms with E-state index in [1.165, 1.54) is 4.90 Å². The number of benzene rings is 2. The van der Waals surface area contributed by atoms with Crippen molar-refractivity contribution in [2.24, 2.45) is 0 Å². The van der Waals surface area contributed by atoms with Gasteiger partial charge in [0, 0.05) is 10.5 Å². The van der Waals surface area contributed by atoms with Crippen molar-refractivity contribution in [2.45, 2.75) is 11.8 Å². The highest BCUT2D eigenvalue weighted by atomic mass is 32.2. The first-order valence-electron chi connectivity index (χ1n) is 6.13. The Morgan fingerprint density at radius 2 is 1.63 bits per heavy atom. The fraction of sp³-hybridized carbons (Fsp3) is 0.118. The van der Waals surface area contributed by atoms with Gasteiger partial charge in [0.05, 0.1) is 0 Å². The molecule has 2 aromatic rings. The molecule has 0 amide bonds. The van der Waals surface area contributed by atoms with Crippen molar-refractivity contribution in [2.75, 3.05) is 6.26 Å². The van der Waals surface area contributed by atoms with Crippen LogP contribution in [0.15, 0.2) is 59.5 Å². The van der Waals surface area contributed by atoms with Crippen LogP contribution >= 0.6 is 11.8 Å². The van der Waals surface area contributed by atoms with Gasteiger partial charge in [-0.3, -0.25) is 4.79 Å². The van der Waals surface area contributed by atoms with Crippen LogP contribution in [0.3, 0.4) is 0 Å². The van der Waals surface area contributed by atoms with E-state index >= 15 is 0 Å². The molecule has 2 aromatic carbocycles. The van der Waals surface area contributed by atoms with Gasteiger partial charge in [-0.2, -0.15) is 0 Å². The average Bonchev–Trinajstić information content (AvgIpc) is 2.46. The number of rotatable bonds is 4. The van der Waals surface area contributed by atoms with E-state index in [0.29, 0.717) is 0 Å². The topological polar surface area (TPSA) is 17.1 Å². The van der Waals surface area contributed by atoms with Gasteiger partial charge in [-0.05, 0) is 42.5 Å². The Hall–Kier alpha value is -1.80. The maximum absolute atomic E-state index is 11.8. The highest BCUT2D eigenvalue weighted by Gasteiger charge is 2.07. The Morgan fingerprint density at radius 3 is 2.16 bits per heavy atom. The summed E-state index contributed by atoms with van der Waals surface area (Å²) in [6.45, 7) is 1.61. The van der Waals surface area contributed by atoms with E-state index in [1.54, 1.807) is 18.7 Å². The molecule has 0 bridgehead atoms. The average molecular weight is 268 g/mol. The number of allylic oxidation sites excluding steroid dienone is 1. The Balaban J connectivity index is 2.40. The molecule has 0 aromatic heterocycles. The van der Waals surface area contributed by atoms with E-state index in [1.807, 2.05) is 66.9 Å². The van der Waals surface area contributed by atoms with Crippen molar-refractivity contribution in [1.82, 2.24) is 0 Å². The first-order chi connectivity index (χ1) is 9.20. The van der Waals surface area contributed by atoms with Crippen molar-refractivity contribution in [1.29, 1.82) is 0 Å². The van der Waals surface area contributed by atoms with Crippen molar-refractivity contribution in [3.8, 4) is 0 Å². The zero-order chi connectivity index (χ0) is 13.7. The number of carbonyl (C=O) groups excluding carboxylic acids is 1. The minimum atomic E-state index is 0.0840. The fourth-order valence-electron chi connectivity index (χ4n) is 1.87. The molecule has 96 valence electrons. The summed E-state index contributed by atoms with van der Waals surface area (Å²) in [7, 11) is 0. The van der Waals surface area contributed by atoms with Crippen LogP contribution in [-0.2, 0) is 4.79 Å². The molecule has 0 fully saturated rings. The predicted molar refractivity (Wildman–Crippen MR) is 83.2 cm³/mol. The molecule has 2 rings (SSSR count).